The molecule has 0 aromatic carbocycles. The molecule has 0 radical (unpaired) electrons. The first kappa shape index (κ1) is 31.0. The van der Waals surface area contributed by atoms with E-state index in [0.29, 0.717) is 11.3 Å². The lowest BCUT2D eigenvalue weighted by Crippen LogP contribution is -2.63. The third kappa shape index (κ3) is 6.28. The van der Waals surface area contributed by atoms with Crippen molar-refractivity contribution in [3.05, 3.63) is 35.9 Å². The number of aliphatic hydroxyl groups excluding tert-OH is 1. The fourth-order valence-corrected chi connectivity index (χ4v) is 6.78. The van der Waals surface area contributed by atoms with Crippen molar-refractivity contribution < 1.29 is 39.0 Å². The van der Waals surface area contributed by atoms with Crippen LogP contribution in [0.2, 0.25) is 0 Å². The molecule has 0 aliphatic carbocycles. The van der Waals surface area contributed by atoms with E-state index in [2.05, 4.69) is 23.6 Å². The molecule has 220 valence electrons. The van der Waals surface area contributed by atoms with E-state index in [1.165, 1.54) is 52.7 Å². The maximum atomic E-state index is 13.1. The Morgan fingerprint density at radius 3 is 2.48 bits per heavy atom. The number of amidine groups is 1. The smallest absolute Gasteiger partial charge is 0.410 e. The van der Waals surface area contributed by atoms with Gasteiger partial charge in [-0.15, -0.1) is 11.8 Å². The monoisotopic (exact) mass is 579 g/mol. The molecule has 2 saturated heterocycles. The van der Waals surface area contributed by atoms with Crippen molar-refractivity contribution in [3.63, 3.8) is 0 Å². The number of nitrogens with one attached hydrogen (secondary N) is 1. The maximum absolute atomic E-state index is 13.1. The van der Waals surface area contributed by atoms with E-state index in [9.17, 15) is 29.5 Å². The molecule has 4 amide bonds. The Kier molecular flexibility index (Phi) is 10.3. The highest BCUT2D eigenvalue weighted by Crippen LogP contribution is 2.52. The number of carbonyl (C=O) groups excluding carboxylic acids is 4. The number of hydrogen-bond acceptors (Lipinski definition) is 10. The van der Waals surface area contributed by atoms with Crippen LogP contribution in [-0.4, -0.2) is 112 Å². The first-order valence-electron chi connectivity index (χ1n) is 12.9. The van der Waals surface area contributed by atoms with Gasteiger partial charge in [0.1, 0.15) is 18.9 Å². The predicted molar refractivity (Wildman–Crippen MR) is 147 cm³/mol. The van der Waals surface area contributed by atoms with Crippen LogP contribution in [0.3, 0.4) is 0 Å². The number of thioether (sulfide) groups is 1. The van der Waals surface area contributed by atoms with Gasteiger partial charge in [-0.3, -0.25) is 10.1 Å². The fourth-order valence-electron chi connectivity index (χ4n) is 5.22. The van der Waals surface area contributed by atoms with Gasteiger partial charge in [-0.25, -0.2) is 14.4 Å². The molecule has 0 saturated carbocycles. The lowest BCUT2D eigenvalue weighted by atomic mass is 9.79. The van der Waals surface area contributed by atoms with E-state index in [0.717, 1.165) is 0 Å². The lowest BCUT2D eigenvalue weighted by Gasteiger charge is -2.46. The zero-order chi connectivity index (χ0) is 29.7. The van der Waals surface area contributed by atoms with Crippen LogP contribution in [0.1, 0.15) is 26.7 Å². The summed E-state index contributed by atoms with van der Waals surface area (Å²) >= 11 is 1.37. The van der Waals surface area contributed by atoms with E-state index < -0.39 is 36.2 Å². The second kappa shape index (κ2) is 13.2. The number of urea groups is 1. The minimum Gasteiger partial charge on any atom is -0.457 e. The summed E-state index contributed by atoms with van der Waals surface area (Å²) in [6, 6.07) is -1.38. The summed E-state index contributed by atoms with van der Waals surface area (Å²) in [5, 5.41) is 25.2. The molecule has 3 aliphatic heterocycles. The number of oxime groups is 1. The minimum atomic E-state index is -0.884. The van der Waals surface area contributed by atoms with Crippen LogP contribution in [0.25, 0.3) is 0 Å². The van der Waals surface area contributed by atoms with Crippen molar-refractivity contribution in [2.45, 2.75) is 50.1 Å². The topological polar surface area (TPSA) is 161 Å². The van der Waals surface area contributed by atoms with Gasteiger partial charge in [0, 0.05) is 49.2 Å². The molecule has 0 aromatic heterocycles. The highest BCUT2D eigenvalue weighted by molar-refractivity contribution is 8.03. The van der Waals surface area contributed by atoms with Gasteiger partial charge in [-0.05, 0) is 13.3 Å². The van der Waals surface area contributed by atoms with Gasteiger partial charge >= 0.3 is 18.1 Å². The van der Waals surface area contributed by atoms with Crippen LogP contribution in [0.15, 0.2) is 41.1 Å². The lowest BCUT2D eigenvalue weighted by molar-refractivity contribution is -0.164. The summed E-state index contributed by atoms with van der Waals surface area (Å²) in [5.41, 5.74) is 0.145. The first-order valence-corrected chi connectivity index (χ1v) is 13.8. The number of nitrogens with zero attached hydrogens (tertiary/aromatic N) is 4. The van der Waals surface area contributed by atoms with Crippen molar-refractivity contribution in [3.8, 4) is 0 Å². The number of hydrogen-bond donors (Lipinski definition) is 3. The van der Waals surface area contributed by atoms with E-state index in [1.807, 2.05) is 6.92 Å². The normalized spacial score (nSPS) is 26.6. The fraction of sp³-hybridized carbons (Fsp3) is 0.577. The van der Waals surface area contributed by atoms with E-state index in [-0.39, 0.29) is 60.8 Å². The van der Waals surface area contributed by atoms with E-state index >= 15 is 0 Å². The quantitative estimate of drug-likeness (QED) is 0.0666. The van der Waals surface area contributed by atoms with E-state index in [1.54, 1.807) is 6.92 Å². The zero-order valence-corrected chi connectivity index (χ0v) is 23.9. The molecular formula is C26H37N5O8S. The van der Waals surface area contributed by atoms with Crippen molar-refractivity contribution in [2.24, 2.45) is 17.0 Å². The second-order valence-corrected chi connectivity index (χ2v) is 11.4. The third-order valence-corrected chi connectivity index (χ3v) is 8.56. The molecule has 6 atom stereocenters. The first-order chi connectivity index (χ1) is 19.0. The summed E-state index contributed by atoms with van der Waals surface area (Å²) < 4.78 is 10.6. The summed E-state index contributed by atoms with van der Waals surface area (Å²) in [4.78, 5) is 55.8. The Morgan fingerprint density at radius 2 is 1.90 bits per heavy atom. The van der Waals surface area contributed by atoms with Gasteiger partial charge in [0.05, 0.1) is 18.1 Å². The molecule has 3 heterocycles. The van der Waals surface area contributed by atoms with Gasteiger partial charge in [0.15, 0.2) is 5.84 Å². The molecule has 0 aromatic rings. The molecule has 13 nitrogen and oxygen atoms in total. The summed E-state index contributed by atoms with van der Waals surface area (Å²) in [6.07, 6.45) is 1.84. The number of amides is 4. The Hall–Kier alpha value is -3.52. The average molecular weight is 580 g/mol. The molecule has 2 fully saturated rings. The van der Waals surface area contributed by atoms with Crippen LogP contribution in [0.4, 0.5) is 9.59 Å². The molecule has 0 bridgehead atoms. The van der Waals surface area contributed by atoms with Gasteiger partial charge in [-0.2, -0.15) is 0 Å². The van der Waals surface area contributed by atoms with Crippen LogP contribution < -0.4 is 5.32 Å². The van der Waals surface area contributed by atoms with Gasteiger partial charge in [-0.1, -0.05) is 37.4 Å². The summed E-state index contributed by atoms with van der Waals surface area (Å²) in [7, 11) is 3.07. The number of fused-ring (bicyclic) bond motifs is 1. The van der Waals surface area contributed by atoms with Crippen LogP contribution >= 0.6 is 11.8 Å². The maximum Gasteiger partial charge on any atom is 0.410 e. The number of likely N-dealkylation sites (tertiary alicyclic amines) is 1. The number of aliphatic hydroxyl groups is 1. The summed E-state index contributed by atoms with van der Waals surface area (Å²) in [6.45, 7) is 10.8. The molecule has 0 spiro atoms. The Balaban J connectivity index is 1.87. The highest BCUT2D eigenvalue weighted by Gasteiger charge is 2.60. The predicted octanol–water partition coefficient (Wildman–Crippen LogP) is 1.73. The number of β-lactam (4-membered cyclic amide) rings is 1. The largest absolute Gasteiger partial charge is 0.457 e. The highest BCUT2D eigenvalue weighted by atomic mass is 32.2. The van der Waals surface area contributed by atoms with Gasteiger partial charge in [0.2, 0.25) is 5.91 Å². The minimum absolute atomic E-state index is 0.000855. The molecule has 3 N–H and O–H groups in total. The number of carbonyl (C=O) groups is 4. The molecule has 40 heavy (non-hydrogen) atoms. The molecule has 0 unspecified atom stereocenters. The number of esters is 1. The SMILES string of the molecule is C=CCOC(=O)C1=C(S[C@H]2C[C@@H](C/C(=N/O)NC(=O)N(C)C)N(C(=O)OCC=C)C2)[C@H](C)[C@@H]2[C@H]([C@@H](C)O)C(=O)N12. The second-order valence-electron chi connectivity index (χ2n) is 10.1. The van der Waals surface area contributed by atoms with Gasteiger partial charge < -0.3 is 34.5 Å². The Morgan fingerprint density at radius 1 is 1.25 bits per heavy atom. The van der Waals surface area contributed by atoms with Crippen molar-refractivity contribution in [1.29, 1.82) is 0 Å². The molecule has 14 heteroatoms. The van der Waals surface area contributed by atoms with Crippen LogP contribution in [0.5, 0.6) is 0 Å². The van der Waals surface area contributed by atoms with Crippen molar-refractivity contribution in [1.82, 2.24) is 20.0 Å². The number of ether oxygens (including phenoxy) is 2. The van der Waals surface area contributed by atoms with Gasteiger partial charge in [0.25, 0.3) is 0 Å². The van der Waals surface area contributed by atoms with Crippen LogP contribution in [-0.2, 0) is 19.1 Å². The van der Waals surface area contributed by atoms with Crippen LogP contribution in [0, 0.1) is 11.8 Å². The molecular weight excluding hydrogens is 542 g/mol. The molecule has 3 aliphatic rings. The Bertz CT molecular complexity index is 1110. The Labute approximate surface area is 237 Å². The third-order valence-electron chi connectivity index (χ3n) is 7.07. The standard InChI is InChI=1S/C26H37N5O8S/c1-7-9-38-24(34)21-22(14(3)20-19(15(4)32)23(33)31(20)21)40-17-11-16(30(13-17)26(36)39-10-8-2)12-18(28-37)27-25(35)29(5)6/h7-8,14-17,19-20,32,37H,1-2,9-13H2,3-6H3,(H,27,28,35)/t14-,15-,16+,17+,19+,20-/m1/s1. The van der Waals surface area contributed by atoms with E-state index in [4.69, 9.17) is 9.47 Å². The average Bonchev–Trinajstić information content (AvgIpc) is 3.41. The molecule has 3 rings (SSSR count). The van der Waals surface area contributed by atoms with Crippen molar-refractivity contribution in [2.75, 3.05) is 33.9 Å². The van der Waals surface area contributed by atoms with Crippen molar-refractivity contribution >= 4 is 41.6 Å². The number of rotatable bonds is 10. The summed E-state index contributed by atoms with van der Waals surface area (Å²) in [5.74, 6) is -1.92. The zero-order valence-electron chi connectivity index (χ0n) is 23.1.